The van der Waals surface area contributed by atoms with Gasteiger partial charge in [-0.25, -0.2) is 13.1 Å². The smallest absolute Gasteiger partial charge is 0.240 e. The molecule has 0 saturated carbocycles. The number of nitrogens with one attached hydrogen (secondary N) is 1. The highest BCUT2D eigenvalue weighted by Crippen LogP contribution is 2.26. The minimum Gasteiger partial charge on any atom is -0.495 e. The van der Waals surface area contributed by atoms with Gasteiger partial charge in [0.05, 0.1) is 23.1 Å². The number of rotatable bonds is 9. The Labute approximate surface area is 160 Å². The molecule has 0 fully saturated rings. The molecule has 0 bridgehead atoms. The van der Waals surface area contributed by atoms with Gasteiger partial charge >= 0.3 is 0 Å². The maximum Gasteiger partial charge on any atom is 0.240 e. The van der Waals surface area contributed by atoms with E-state index in [4.69, 9.17) is 21.1 Å². The Kier molecular flexibility index (Phi) is 7.32. The van der Waals surface area contributed by atoms with Crippen LogP contribution in [0, 0.1) is 0 Å². The van der Waals surface area contributed by atoms with Crippen LogP contribution in [0.2, 0.25) is 5.02 Å². The summed E-state index contributed by atoms with van der Waals surface area (Å²) >= 11 is 6.00. The Morgan fingerprint density at radius 1 is 1.15 bits per heavy atom. The standard InChI is InChI=1S/C19H24ClNO4S/c1-14(2)25-16-8-4-6-15(12-16)7-5-11-21-26(22,23)17-9-10-19(24-3)18(20)13-17/h4,6,8-10,12-14,21H,5,7,11H2,1-3H3. The van der Waals surface area contributed by atoms with Crippen LogP contribution in [0.25, 0.3) is 0 Å². The maximum atomic E-state index is 12.3. The first-order chi connectivity index (χ1) is 12.3. The minimum absolute atomic E-state index is 0.119. The number of halogens is 1. The molecule has 7 heteroatoms. The van der Waals surface area contributed by atoms with Gasteiger partial charge in [0.1, 0.15) is 11.5 Å². The van der Waals surface area contributed by atoms with Crippen LogP contribution in [0.4, 0.5) is 0 Å². The van der Waals surface area contributed by atoms with Gasteiger partial charge in [0.2, 0.25) is 10.0 Å². The van der Waals surface area contributed by atoms with Crippen molar-refractivity contribution in [2.24, 2.45) is 0 Å². The lowest BCUT2D eigenvalue weighted by atomic mass is 10.1. The van der Waals surface area contributed by atoms with E-state index in [1.165, 1.54) is 25.3 Å². The highest BCUT2D eigenvalue weighted by atomic mass is 35.5. The molecule has 0 unspecified atom stereocenters. The van der Waals surface area contributed by atoms with Gasteiger partial charge in [-0.3, -0.25) is 0 Å². The van der Waals surface area contributed by atoms with Gasteiger partial charge in [0, 0.05) is 6.54 Å². The van der Waals surface area contributed by atoms with Crippen molar-refractivity contribution in [3.8, 4) is 11.5 Å². The van der Waals surface area contributed by atoms with Gasteiger partial charge in [-0.2, -0.15) is 0 Å². The molecule has 0 aliphatic heterocycles. The molecule has 0 aliphatic rings. The van der Waals surface area contributed by atoms with Crippen LogP contribution in [0.1, 0.15) is 25.8 Å². The lowest BCUT2D eigenvalue weighted by molar-refractivity contribution is 0.242. The number of sulfonamides is 1. The molecular weight excluding hydrogens is 374 g/mol. The highest BCUT2D eigenvalue weighted by molar-refractivity contribution is 7.89. The second kappa shape index (κ2) is 9.26. The third kappa shape index (κ3) is 5.90. The van der Waals surface area contributed by atoms with E-state index >= 15 is 0 Å². The lowest BCUT2D eigenvalue weighted by Gasteiger charge is -2.11. The van der Waals surface area contributed by atoms with E-state index in [-0.39, 0.29) is 16.0 Å². The van der Waals surface area contributed by atoms with Crippen LogP contribution < -0.4 is 14.2 Å². The summed E-state index contributed by atoms with van der Waals surface area (Å²) in [6, 6.07) is 12.2. The molecule has 0 aliphatic carbocycles. The van der Waals surface area contributed by atoms with Crippen LogP contribution >= 0.6 is 11.6 Å². The topological polar surface area (TPSA) is 64.6 Å². The normalized spacial score (nSPS) is 11.6. The fourth-order valence-corrected chi connectivity index (χ4v) is 3.87. The summed E-state index contributed by atoms with van der Waals surface area (Å²) < 4.78 is 38.0. The lowest BCUT2D eigenvalue weighted by Crippen LogP contribution is -2.25. The SMILES string of the molecule is COc1ccc(S(=O)(=O)NCCCc2cccc(OC(C)C)c2)cc1Cl. The van der Waals surface area contributed by atoms with Gasteiger partial charge in [0.15, 0.2) is 0 Å². The zero-order valence-corrected chi connectivity index (χ0v) is 16.7. The molecule has 142 valence electrons. The van der Waals surface area contributed by atoms with Crippen LogP contribution in [0.15, 0.2) is 47.4 Å². The third-order valence-electron chi connectivity index (χ3n) is 3.64. The number of ether oxygens (including phenoxy) is 2. The van der Waals surface area contributed by atoms with Crippen molar-refractivity contribution in [1.29, 1.82) is 0 Å². The van der Waals surface area contributed by atoms with E-state index < -0.39 is 10.0 Å². The molecule has 26 heavy (non-hydrogen) atoms. The van der Waals surface area contributed by atoms with Crippen molar-refractivity contribution >= 4 is 21.6 Å². The molecule has 0 aromatic heterocycles. The monoisotopic (exact) mass is 397 g/mol. The molecule has 0 heterocycles. The summed E-state index contributed by atoms with van der Waals surface area (Å²) in [7, 11) is -2.12. The third-order valence-corrected chi connectivity index (χ3v) is 5.39. The van der Waals surface area contributed by atoms with Crippen molar-refractivity contribution in [3.05, 3.63) is 53.1 Å². The Bertz CT molecular complexity index is 837. The van der Waals surface area contributed by atoms with E-state index in [2.05, 4.69) is 4.72 Å². The summed E-state index contributed by atoms with van der Waals surface area (Å²) in [6.07, 6.45) is 1.54. The van der Waals surface area contributed by atoms with Crippen molar-refractivity contribution in [1.82, 2.24) is 4.72 Å². The summed E-state index contributed by atoms with van der Waals surface area (Å²) in [4.78, 5) is 0.121. The zero-order chi connectivity index (χ0) is 19.2. The van der Waals surface area contributed by atoms with Crippen molar-refractivity contribution in [2.75, 3.05) is 13.7 Å². The predicted molar refractivity (Wildman–Crippen MR) is 104 cm³/mol. The molecule has 2 rings (SSSR count). The van der Waals surface area contributed by atoms with Crippen LogP contribution in [-0.4, -0.2) is 28.2 Å². The highest BCUT2D eigenvalue weighted by Gasteiger charge is 2.15. The molecule has 5 nitrogen and oxygen atoms in total. The van der Waals surface area contributed by atoms with Crippen molar-refractivity contribution in [2.45, 2.75) is 37.7 Å². The van der Waals surface area contributed by atoms with E-state index in [0.717, 1.165) is 17.7 Å². The maximum absolute atomic E-state index is 12.3. The fourth-order valence-electron chi connectivity index (χ4n) is 2.44. The number of benzene rings is 2. The predicted octanol–water partition coefficient (Wildman–Crippen LogP) is 4.05. The molecule has 2 aromatic rings. The van der Waals surface area contributed by atoms with E-state index in [1.54, 1.807) is 0 Å². The van der Waals surface area contributed by atoms with Crippen LogP contribution in [0.5, 0.6) is 11.5 Å². The molecule has 0 amide bonds. The van der Waals surface area contributed by atoms with Gasteiger partial charge in [-0.05, 0) is 62.6 Å². The average molecular weight is 398 g/mol. The Balaban J connectivity index is 1.90. The molecule has 2 aromatic carbocycles. The van der Waals surface area contributed by atoms with Gasteiger partial charge in [0.25, 0.3) is 0 Å². The molecule has 0 saturated heterocycles. The van der Waals surface area contributed by atoms with Crippen LogP contribution in [-0.2, 0) is 16.4 Å². The summed E-state index contributed by atoms with van der Waals surface area (Å²) in [6.45, 7) is 4.29. The largest absolute Gasteiger partial charge is 0.495 e. The first-order valence-corrected chi connectivity index (χ1v) is 10.3. The average Bonchev–Trinajstić information content (AvgIpc) is 2.58. The number of hydrogen-bond donors (Lipinski definition) is 1. The van der Waals surface area contributed by atoms with Crippen molar-refractivity contribution < 1.29 is 17.9 Å². The van der Waals surface area contributed by atoms with E-state index in [9.17, 15) is 8.42 Å². The Morgan fingerprint density at radius 2 is 1.92 bits per heavy atom. The van der Waals surface area contributed by atoms with E-state index in [0.29, 0.717) is 18.7 Å². The van der Waals surface area contributed by atoms with E-state index in [1.807, 2.05) is 38.1 Å². The molecular formula is C19H24ClNO4S. The number of hydrogen-bond acceptors (Lipinski definition) is 4. The first kappa shape index (κ1) is 20.6. The zero-order valence-electron chi connectivity index (χ0n) is 15.2. The molecule has 1 N–H and O–H groups in total. The summed E-state index contributed by atoms with van der Waals surface area (Å²) in [5.41, 5.74) is 1.11. The van der Waals surface area contributed by atoms with Crippen molar-refractivity contribution in [3.63, 3.8) is 0 Å². The van der Waals surface area contributed by atoms with Crippen LogP contribution in [0.3, 0.4) is 0 Å². The second-order valence-electron chi connectivity index (χ2n) is 6.11. The quantitative estimate of drug-likeness (QED) is 0.648. The molecule has 0 spiro atoms. The fraction of sp³-hybridized carbons (Fsp3) is 0.368. The van der Waals surface area contributed by atoms with Gasteiger partial charge in [-0.1, -0.05) is 23.7 Å². The van der Waals surface area contributed by atoms with Gasteiger partial charge in [-0.15, -0.1) is 0 Å². The van der Waals surface area contributed by atoms with Gasteiger partial charge < -0.3 is 9.47 Å². The first-order valence-electron chi connectivity index (χ1n) is 8.40. The summed E-state index contributed by atoms with van der Waals surface area (Å²) in [5, 5.41) is 0.261. The number of methoxy groups -OCH3 is 1. The summed E-state index contributed by atoms with van der Waals surface area (Å²) in [5.74, 6) is 1.26. The Morgan fingerprint density at radius 3 is 2.58 bits per heavy atom. The minimum atomic E-state index is -3.60. The number of aryl methyl sites for hydroxylation is 1. The second-order valence-corrected chi connectivity index (χ2v) is 8.29. The molecule has 0 radical (unpaired) electrons. The molecule has 0 atom stereocenters. The Hall–Kier alpha value is -1.76.